The van der Waals surface area contributed by atoms with E-state index in [9.17, 15) is 4.79 Å². The predicted molar refractivity (Wildman–Crippen MR) is 81.0 cm³/mol. The number of ether oxygens (including phenoxy) is 1. The van der Waals surface area contributed by atoms with Crippen LogP contribution in [0, 0.1) is 11.3 Å². The number of carbonyl (C=O) groups excluding carboxylic acids is 1. The second-order valence-electron chi connectivity index (χ2n) is 6.42. The van der Waals surface area contributed by atoms with Crippen molar-refractivity contribution < 1.29 is 9.53 Å². The van der Waals surface area contributed by atoms with Gasteiger partial charge in [0.25, 0.3) is 0 Å². The minimum atomic E-state index is -0.344. The number of carbonyl (C=O) groups is 1. The van der Waals surface area contributed by atoms with E-state index in [1.807, 2.05) is 44.2 Å². The topological polar surface area (TPSA) is 29.5 Å². The molecule has 1 aliphatic rings. The third-order valence-corrected chi connectivity index (χ3v) is 4.04. The van der Waals surface area contributed by atoms with Gasteiger partial charge in [-0.3, -0.25) is 4.79 Å². The number of hydrogen-bond donors (Lipinski definition) is 0. The van der Waals surface area contributed by atoms with Gasteiger partial charge in [0.1, 0.15) is 0 Å². The average Bonchev–Trinajstić information content (AvgIpc) is 2.86. The van der Waals surface area contributed by atoms with Crippen molar-refractivity contribution >= 4 is 5.78 Å². The van der Waals surface area contributed by atoms with E-state index in [0.717, 1.165) is 31.8 Å². The molecule has 0 bridgehead atoms. The summed E-state index contributed by atoms with van der Waals surface area (Å²) in [6, 6.07) is 9.60. The molecule has 1 aromatic rings. The molecule has 1 heterocycles. The fourth-order valence-electron chi connectivity index (χ4n) is 3.04. The molecule has 1 atom stereocenters. The van der Waals surface area contributed by atoms with Gasteiger partial charge >= 0.3 is 0 Å². The van der Waals surface area contributed by atoms with Crippen LogP contribution in [-0.4, -0.2) is 44.0 Å². The first kappa shape index (κ1) is 15.2. The molecule has 20 heavy (non-hydrogen) atoms. The second-order valence-corrected chi connectivity index (χ2v) is 6.42. The number of ketones is 1. The third kappa shape index (κ3) is 3.68. The summed E-state index contributed by atoms with van der Waals surface area (Å²) in [5, 5.41) is 0. The van der Waals surface area contributed by atoms with Crippen molar-refractivity contribution in [2.45, 2.75) is 20.3 Å². The Labute approximate surface area is 121 Å². The molecular weight excluding hydrogens is 250 g/mol. The molecule has 0 aromatic heterocycles. The van der Waals surface area contributed by atoms with Gasteiger partial charge in [0.05, 0.1) is 6.61 Å². The maximum Gasteiger partial charge on any atom is 0.169 e. The monoisotopic (exact) mass is 275 g/mol. The Hall–Kier alpha value is -1.19. The van der Waals surface area contributed by atoms with Gasteiger partial charge in [-0.1, -0.05) is 44.2 Å². The fraction of sp³-hybridized carbons (Fsp3) is 0.588. The molecule has 3 heteroatoms. The maximum absolute atomic E-state index is 12.6. The Morgan fingerprint density at radius 1 is 1.35 bits per heavy atom. The van der Waals surface area contributed by atoms with Crippen LogP contribution in [0.15, 0.2) is 30.3 Å². The van der Waals surface area contributed by atoms with Crippen molar-refractivity contribution in [1.29, 1.82) is 0 Å². The van der Waals surface area contributed by atoms with Crippen molar-refractivity contribution in [3.8, 4) is 0 Å². The van der Waals surface area contributed by atoms with Crippen molar-refractivity contribution in [3.05, 3.63) is 35.9 Å². The standard InChI is InChI=1S/C17H25NO2/c1-17(2,16(19)15-7-5-4-6-8-15)13-18-10-9-14(11-18)12-20-3/h4-8,14H,9-13H2,1-3H3. The van der Waals surface area contributed by atoms with Crippen molar-refractivity contribution in [2.24, 2.45) is 11.3 Å². The molecule has 0 radical (unpaired) electrons. The molecule has 1 saturated heterocycles. The number of rotatable bonds is 6. The minimum Gasteiger partial charge on any atom is -0.384 e. The lowest BCUT2D eigenvalue weighted by atomic mass is 9.84. The van der Waals surface area contributed by atoms with Crippen LogP contribution in [0.4, 0.5) is 0 Å². The number of benzene rings is 1. The van der Waals surface area contributed by atoms with Gasteiger partial charge < -0.3 is 9.64 Å². The first-order chi connectivity index (χ1) is 9.53. The molecular formula is C17H25NO2. The van der Waals surface area contributed by atoms with Gasteiger partial charge in [0, 0.05) is 31.2 Å². The molecule has 1 aromatic carbocycles. The fourth-order valence-corrected chi connectivity index (χ4v) is 3.04. The van der Waals surface area contributed by atoms with Crippen molar-refractivity contribution in [3.63, 3.8) is 0 Å². The molecule has 2 rings (SSSR count). The van der Waals surface area contributed by atoms with E-state index in [-0.39, 0.29) is 11.2 Å². The van der Waals surface area contributed by atoms with Crippen LogP contribution < -0.4 is 0 Å². The first-order valence-electron chi connectivity index (χ1n) is 7.34. The Bertz CT molecular complexity index is 442. The third-order valence-electron chi connectivity index (χ3n) is 4.04. The normalized spacial score (nSPS) is 20.2. The molecule has 0 saturated carbocycles. The Kier molecular flexibility index (Phi) is 4.95. The highest BCUT2D eigenvalue weighted by molar-refractivity contribution is 6.00. The van der Waals surface area contributed by atoms with E-state index in [4.69, 9.17) is 4.74 Å². The zero-order valence-corrected chi connectivity index (χ0v) is 12.8. The van der Waals surface area contributed by atoms with Crippen LogP contribution in [-0.2, 0) is 4.74 Å². The summed E-state index contributed by atoms with van der Waals surface area (Å²) >= 11 is 0. The van der Waals surface area contributed by atoms with Crippen LogP contribution in [0.25, 0.3) is 0 Å². The molecule has 1 aliphatic heterocycles. The summed E-state index contributed by atoms with van der Waals surface area (Å²) in [5.41, 5.74) is 0.466. The average molecular weight is 275 g/mol. The highest BCUT2D eigenvalue weighted by atomic mass is 16.5. The number of methoxy groups -OCH3 is 1. The molecule has 0 N–H and O–H groups in total. The first-order valence-corrected chi connectivity index (χ1v) is 7.34. The van der Waals surface area contributed by atoms with Crippen LogP contribution >= 0.6 is 0 Å². The number of hydrogen-bond acceptors (Lipinski definition) is 3. The molecule has 3 nitrogen and oxygen atoms in total. The van der Waals surface area contributed by atoms with Crippen LogP contribution in [0.5, 0.6) is 0 Å². The SMILES string of the molecule is COCC1CCN(CC(C)(C)C(=O)c2ccccc2)C1. The van der Waals surface area contributed by atoms with Crippen molar-refractivity contribution in [2.75, 3.05) is 33.4 Å². The van der Waals surface area contributed by atoms with E-state index in [2.05, 4.69) is 4.90 Å². The second kappa shape index (κ2) is 6.51. The Morgan fingerprint density at radius 3 is 2.70 bits per heavy atom. The summed E-state index contributed by atoms with van der Waals surface area (Å²) in [4.78, 5) is 15.0. The van der Waals surface area contributed by atoms with Crippen molar-refractivity contribution in [1.82, 2.24) is 4.90 Å². The number of nitrogens with zero attached hydrogens (tertiary/aromatic N) is 1. The van der Waals surface area contributed by atoms with E-state index < -0.39 is 0 Å². The van der Waals surface area contributed by atoms with E-state index >= 15 is 0 Å². The summed E-state index contributed by atoms with van der Waals surface area (Å²) in [7, 11) is 1.76. The molecule has 1 unspecified atom stereocenters. The summed E-state index contributed by atoms with van der Waals surface area (Å²) in [6.45, 7) is 7.85. The van der Waals surface area contributed by atoms with E-state index in [1.54, 1.807) is 7.11 Å². The maximum atomic E-state index is 12.6. The predicted octanol–water partition coefficient (Wildman–Crippen LogP) is 2.86. The van der Waals surface area contributed by atoms with Gasteiger partial charge in [-0.05, 0) is 18.9 Å². The van der Waals surface area contributed by atoms with Crippen LogP contribution in [0.1, 0.15) is 30.6 Å². The summed E-state index contributed by atoms with van der Waals surface area (Å²) in [5.74, 6) is 0.843. The van der Waals surface area contributed by atoms with Gasteiger partial charge in [0.2, 0.25) is 0 Å². The lowest BCUT2D eigenvalue weighted by Crippen LogP contribution is -2.38. The smallest absolute Gasteiger partial charge is 0.169 e. The summed E-state index contributed by atoms with van der Waals surface area (Å²) < 4.78 is 5.23. The van der Waals surface area contributed by atoms with Gasteiger partial charge in [-0.15, -0.1) is 0 Å². The minimum absolute atomic E-state index is 0.230. The van der Waals surface area contributed by atoms with E-state index in [0.29, 0.717) is 5.92 Å². The molecule has 0 amide bonds. The molecule has 1 fully saturated rings. The summed E-state index contributed by atoms with van der Waals surface area (Å²) in [6.07, 6.45) is 1.17. The molecule has 110 valence electrons. The number of likely N-dealkylation sites (tertiary alicyclic amines) is 1. The lowest BCUT2D eigenvalue weighted by Gasteiger charge is -2.29. The van der Waals surface area contributed by atoms with Gasteiger partial charge in [0.15, 0.2) is 5.78 Å². The molecule has 0 spiro atoms. The number of Topliss-reactive ketones (excluding diaryl/α,β-unsaturated/α-hetero) is 1. The Morgan fingerprint density at radius 2 is 2.05 bits per heavy atom. The highest BCUT2D eigenvalue weighted by Crippen LogP contribution is 2.26. The van der Waals surface area contributed by atoms with Crippen LogP contribution in [0.3, 0.4) is 0 Å². The van der Waals surface area contributed by atoms with E-state index in [1.165, 1.54) is 6.42 Å². The van der Waals surface area contributed by atoms with Gasteiger partial charge in [-0.2, -0.15) is 0 Å². The van der Waals surface area contributed by atoms with Gasteiger partial charge in [-0.25, -0.2) is 0 Å². The quantitative estimate of drug-likeness (QED) is 0.748. The molecule has 0 aliphatic carbocycles. The zero-order chi connectivity index (χ0) is 14.6. The Balaban J connectivity index is 1.96. The zero-order valence-electron chi connectivity index (χ0n) is 12.8. The largest absolute Gasteiger partial charge is 0.384 e. The lowest BCUT2D eigenvalue weighted by molar-refractivity contribution is 0.0774. The van der Waals surface area contributed by atoms with Crippen LogP contribution in [0.2, 0.25) is 0 Å². The highest BCUT2D eigenvalue weighted by Gasteiger charge is 2.33.